The van der Waals surface area contributed by atoms with E-state index in [1.165, 1.54) is 0 Å². The Labute approximate surface area is 125 Å². The molecule has 5 nitrogen and oxygen atoms in total. The van der Waals surface area contributed by atoms with Crippen LogP contribution in [0.5, 0.6) is 0 Å². The molecule has 0 saturated carbocycles. The minimum Gasteiger partial charge on any atom is -0.396 e. The van der Waals surface area contributed by atoms with E-state index in [4.69, 9.17) is 5.11 Å². The number of aryl methyl sites for hydroxylation is 2. The highest BCUT2D eigenvalue weighted by Gasteiger charge is 2.15. The van der Waals surface area contributed by atoms with Gasteiger partial charge in [-0.05, 0) is 36.0 Å². The summed E-state index contributed by atoms with van der Waals surface area (Å²) in [5, 5.41) is 14.1. The molecule has 1 atom stereocenters. The van der Waals surface area contributed by atoms with Gasteiger partial charge in [0, 0.05) is 18.8 Å². The molecular weight excluding hydrogens is 268 g/mol. The monoisotopic (exact) mass is 292 g/mol. The highest BCUT2D eigenvalue weighted by molar-refractivity contribution is 6.39. The maximum Gasteiger partial charge on any atom is 0.313 e. The number of hydrogen-bond donors (Lipinski definition) is 3. The third kappa shape index (κ3) is 5.19. The molecule has 21 heavy (non-hydrogen) atoms. The minimum atomic E-state index is -0.681. The van der Waals surface area contributed by atoms with E-state index in [0.29, 0.717) is 5.69 Å². The smallest absolute Gasteiger partial charge is 0.313 e. The van der Waals surface area contributed by atoms with Gasteiger partial charge in [0.15, 0.2) is 0 Å². The first-order valence-corrected chi connectivity index (χ1v) is 7.33. The van der Waals surface area contributed by atoms with Gasteiger partial charge in [-0.1, -0.05) is 32.9 Å². The zero-order valence-corrected chi connectivity index (χ0v) is 12.9. The third-order valence-electron chi connectivity index (χ3n) is 3.34. The van der Waals surface area contributed by atoms with Crippen molar-refractivity contribution in [1.29, 1.82) is 0 Å². The van der Waals surface area contributed by atoms with E-state index >= 15 is 0 Å². The predicted octanol–water partition coefficient (Wildman–Crippen LogP) is 1.49. The Bertz CT molecular complexity index is 500. The number of rotatable bonds is 6. The Kier molecular flexibility index (Phi) is 6.88. The van der Waals surface area contributed by atoms with Gasteiger partial charge in [0.25, 0.3) is 0 Å². The molecule has 0 aliphatic heterocycles. The van der Waals surface area contributed by atoms with Gasteiger partial charge in [-0.2, -0.15) is 0 Å². The molecule has 1 aromatic rings. The molecule has 3 N–H and O–H groups in total. The largest absolute Gasteiger partial charge is 0.396 e. The Morgan fingerprint density at radius 2 is 1.90 bits per heavy atom. The van der Waals surface area contributed by atoms with Gasteiger partial charge < -0.3 is 15.7 Å². The Morgan fingerprint density at radius 1 is 1.19 bits per heavy atom. The second-order valence-electron chi connectivity index (χ2n) is 5.15. The molecule has 0 radical (unpaired) electrons. The van der Waals surface area contributed by atoms with Gasteiger partial charge in [-0.3, -0.25) is 9.59 Å². The zero-order chi connectivity index (χ0) is 15.8. The van der Waals surface area contributed by atoms with Crippen LogP contribution in [0.3, 0.4) is 0 Å². The number of benzene rings is 1. The Balaban J connectivity index is 2.71. The van der Waals surface area contributed by atoms with E-state index < -0.39 is 11.8 Å². The fourth-order valence-corrected chi connectivity index (χ4v) is 1.86. The molecule has 0 heterocycles. The number of amides is 2. The first-order valence-electron chi connectivity index (χ1n) is 7.33. The molecule has 1 rings (SSSR count). The maximum atomic E-state index is 11.9. The molecule has 5 heteroatoms. The van der Waals surface area contributed by atoms with Gasteiger partial charge in [0.2, 0.25) is 0 Å². The number of aliphatic hydroxyl groups is 1. The van der Waals surface area contributed by atoms with Crippen LogP contribution in [0.2, 0.25) is 0 Å². The van der Waals surface area contributed by atoms with Crippen molar-refractivity contribution < 1.29 is 14.7 Å². The van der Waals surface area contributed by atoms with E-state index in [1.807, 2.05) is 32.0 Å². The van der Waals surface area contributed by atoms with Crippen molar-refractivity contribution in [3.05, 3.63) is 29.3 Å². The van der Waals surface area contributed by atoms with Crippen molar-refractivity contribution in [3.8, 4) is 0 Å². The van der Waals surface area contributed by atoms with Gasteiger partial charge in [-0.25, -0.2) is 0 Å². The molecule has 0 bridgehead atoms. The molecule has 1 aromatic carbocycles. The van der Waals surface area contributed by atoms with Crippen LogP contribution in [-0.2, 0) is 22.4 Å². The maximum absolute atomic E-state index is 11.9. The van der Waals surface area contributed by atoms with Gasteiger partial charge in [0.1, 0.15) is 0 Å². The molecule has 0 aliphatic rings. The van der Waals surface area contributed by atoms with Crippen LogP contribution in [0.1, 0.15) is 31.9 Å². The molecular formula is C16H24N2O3. The van der Waals surface area contributed by atoms with Crippen molar-refractivity contribution in [1.82, 2.24) is 5.32 Å². The summed E-state index contributed by atoms with van der Waals surface area (Å²) >= 11 is 0. The average molecular weight is 292 g/mol. The highest BCUT2D eigenvalue weighted by Crippen LogP contribution is 2.19. The van der Waals surface area contributed by atoms with Crippen molar-refractivity contribution in [2.24, 2.45) is 5.92 Å². The number of nitrogens with one attached hydrogen (secondary N) is 2. The molecule has 0 spiro atoms. The molecule has 1 unspecified atom stereocenters. The molecule has 0 aromatic heterocycles. The lowest BCUT2D eigenvalue weighted by Crippen LogP contribution is -2.38. The summed E-state index contributed by atoms with van der Waals surface area (Å²) < 4.78 is 0. The summed E-state index contributed by atoms with van der Waals surface area (Å²) in [5.74, 6) is -1.43. The fraction of sp³-hybridized carbons (Fsp3) is 0.500. The van der Waals surface area contributed by atoms with E-state index in [-0.39, 0.29) is 19.1 Å². The number of hydrogen-bond acceptors (Lipinski definition) is 3. The normalized spacial score (nSPS) is 11.8. The lowest BCUT2D eigenvalue weighted by Gasteiger charge is -2.13. The van der Waals surface area contributed by atoms with Crippen molar-refractivity contribution in [3.63, 3.8) is 0 Å². The van der Waals surface area contributed by atoms with Crippen molar-refractivity contribution >= 4 is 17.5 Å². The van der Waals surface area contributed by atoms with E-state index in [1.54, 1.807) is 6.92 Å². The predicted molar refractivity (Wildman–Crippen MR) is 83.1 cm³/mol. The zero-order valence-electron chi connectivity index (χ0n) is 12.9. The van der Waals surface area contributed by atoms with Crippen molar-refractivity contribution in [2.75, 3.05) is 18.5 Å². The summed E-state index contributed by atoms with van der Waals surface area (Å²) in [4.78, 5) is 23.6. The number of carbonyl (C=O) groups is 2. The lowest BCUT2D eigenvalue weighted by atomic mass is 10.1. The summed E-state index contributed by atoms with van der Waals surface area (Å²) in [6, 6.07) is 5.90. The molecule has 0 saturated heterocycles. The molecule has 2 amide bonds. The second-order valence-corrected chi connectivity index (χ2v) is 5.15. The first kappa shape index (κ1) is 17.2. The topological polar surface area (TPSA) is 78.4 Å². The number of carbonyl (C=O) groups excluding carboxylic acids is 2. The van der Waals surface area contributed by atoms with Crippen LogP contribution in [0, 0.1) is 5.92 Å². The Morgan fingerprint density at radius 3 is 2.48 bits per heavy atom. The van der Waals surface area contributed by atoms with Crippen LogP contribution in [0.4, 0.5) is 5.69 Å². The quantitative estimate of drug-likeness (QED) is 0.695. The standard InChI is InChI=1S/C16H24N2O3/c1-4-12-6-7-13(5-2)14(8-12)18-16(21)15(20)17-9-11(3)10-19/h6-8,11,19H,4-5,9-10H2,1-3H3,(H,17,20)(H,18,21). The minimum absolute atomic E-state index is 0.0274. The number of aliphatic hydroxyl groups excluding tert-OH is 1. The summed E-state index contributed by atoms with van der Waals surface area (Å²) in [6.07, 6.45) is 1.65. The molecule has 0 fully saturated rings. The average Bonchev–Trinajstić information content (AvgIpc) is 2.51. The number of anilines is 1. The fourth-order valence-electron chi connectivity index (χ4n) is 1.86. The summed E-state index contributed by atoms with van der Waals surface area (Å²) in [5.41, 5.74) is 2.79. The summed E-state index contributed by atoms with van der Waals surface area (Å²) in [6.45, 7) is 6.08. The van der Waals surface area contributed by atoms with Crippen LogP contribution >= 0.6 is 0 Å². The lowest BCUT2D eigenvalue weighted by molar-refractivity contribution is -0.136. The van der Waals surface area contributed by atoms with E-state index in [9.17, 15) is 9.59 Å². The van der Waals surface area contributed by atoms with Gasteiger partial charge in [-0.15, -0.1) is 0 Å². The molecule has 0 aliphatic carbocycles. The van der Waals surface area contributed by atoms with Gasteiger partial charge in [0.05, 0.1) is 0 Å². The second kappa shape index (κ2) is 8.42. The first-order chi connectivity index (χ1) is 10.0. The summed E-state index contributed by atoms with van der Waals surface area (Å²) in [7, 11) is 0. The van der Waals surface area contributed by atoms with E-state index in [0.717, 1.165) is 24.0 Å². The molecule has 116 valence electrons. The van der Waals surface area contributed by atoms with Crippen molar-refractivity contribution in [2.45, 2.75) is 33.6 Å². The van der Waals surface area contributed by atoms with Crippen LogP contribution in [-0.4, -0.2) is 30.1 Å². The van der Waals surface area contributed by atoms with Gasteiger partial charge >= 0.3 is 11.8 Å². The third-order valence-corrected chi connectivity index (χ3v) is 3.34. The highest BCUT2D eigenvalue weighted by atomic mass is 16.3. The SMILES string of the molecule is CCc1ccc(CC)c(NC(=O)C(=O)NCC(C)CO)c1. The van der Waals surface area contributed by atoms with Crippen LogP contribution in [0.15, 0.2) is 18.2 Å². The van der Waals surface area contributed by atoms with Crippen LogP contribution in [0.25, 0.3) is 0 Å². The van der Waals surface area contributed by atoms with Crippen LogP contribution < -0.4 is 10.6 Å². The Hall–Kier alpha value is -1.88. The van der Waals surface area contributed by atoms with E-state index in [2.05, 4.69) is 10.6 Å².